The van der Waals surface area contributed by atoms with Crippen molar-refractivity contribution < 1.29 is 9.53 Å². The van der Waals surface area contributed by atoms with Gasteiger partial charge in [0, 0.05) is 17.4 Å². The van der Waals surface area contributed by atoms with Crippen molar-refractivity contribution in [2.24, 2.45) is 5.92 Å². The Morgan fingerprint density at radius 1 is 1.48 bits per heavy atom. The summed E-state index contributed by atoms with van der Waals surface area (Å²) < 4.78 is 8.08. The Morgan fingerprint density at radius 3 is 3.05 bits per heavy atom. The summed E-state index contributed by atoms with van der Waals surface area (Å²) in [4.78, 5) is 16.6. The molecular weight excluding hydrogens is 302 g/mol. The maximum atomic E-state index is 12.0. The van der Waals surface area contributed by atoms with Gasteiger partial charge in [-0.3, -0.25) is 4.79 Å². The molecule has 0 saturated carbocycles. The highest BCUT2D eigenvalue weighted by Crippen LogP contribution is 2.38. The van der Waals surface area contributed by atoms with Crippen LogP contribution < -0.4 is 4.74 Å². The summed E-state index contributed by atoms with van der Waals surface area (Å²) in [5.74, 6) is 0.998. The quantitative estimate of drug-likeness (QED) is 0.677. The topological polar surface area (TPSA) is 39.2 Å². The molecule has 0 spiro atoms. The molecule has 0 N–H and O–H groups in total. The first-order valence-corrected chi connectivity index (χ1v) is 8.72. The summed E-state index contributed by atoms with van der Waals surface area (Å²) in [5, 5.41) is 4.14. The number of fused-ring (bicyclic) bond motifs is 3. The van der Waals surface area contributed by atoms with Crippen LogP contribution in [0.3, 0.4) is 0 Å². The molecule has 3 nitrogen and oxygen atoms in total. The van der Waals surface area contributed by atoms with Gasteiger partial charge in [0.05, 0.1) is 19.9 Å². The van der Waals surface area contributed by atoms with E-state index in [-0.39, 0.29) is 18.3 Å². The Labute approximate surface area is 131 Å². The first-order valence-electron chi connectivity index (χ1n) is 7.03. The molecule has 21 heavy (non-hydrogen) atoms. The summed E-state index contributed by atoms with van der Waals surface area (Å²) in [5.41, 5.74) is 1.04. The lowest BCUT2D eigenvalue weighted by atomic mass is 10.0. The van der Waals surface area contributed by atoms with Gasteiger partial charge in [-0.25, -0.2) is 4.98 Å². The Bertz CT molecular complexity index is 803. The molecule has 0 aliphatic rings. The normalized spacial score (nSPS) is 12.9. The number of hydrogen-bond donors (Lipinski definition) is 0. The molecule has 2 heterocycles. The van der Waals surface area contributed by atoms with Crippen LogP contribution in [0.4, 0.5) is 0 Å². The molecule has 110 valence electrons. The highest BCUT2D eigenvalue weighted by molar-refractivity contribution is 7.21. The van der Waals surface area contributed by atoms with Crippen molar-refractivity contribution in [3.8, 4) is 5.75 Å². The predicted molar refractivity (Wildman–Crippen MR) is 89.7 cm³/mol. The van der Waals surface area contributed by atoms with Gasteiger partial charge in [0.2, 0.25) is 0 Å². The third kappa shape index (κ3) is 2.68. The van der Waals surface area contributed by atoms with Crippen LogP contribution in [-0.2, 0) is 4.79 Å². The smallest absolute Gasteiger partial charge is 0.172 e. The van der Waals surface area contributed by atoms with Gasteiger partial charge in [-0.1, -0.05) is 13.8 Å². The molecule has 1 unspecified atom stereocenters. The van der Waals surface area contributed by atoms with Gasteiger partial charge < -0.3 is 4.74 Å². The van der Waals surface area contributed by atoms with E-state index in [9.17, 15) is 4.79 Å². The molecule has 0 aliphatic heterocycles. The van der Waals surface area contributed by atoms with Crippen LogP contribution in [0.5, 0.6) is 5.75 Å². The minimum Gasteiger partial charge on any atom is -0.485 e. The van der Waals surface area contributed by atoms with Crippen LogP contribution >= 0.6 is 22.7 Å². The Hall–Kier alpha value is -1.46. The number of rotatable bonds is 5. The second kappa shape index (κ2) is 5.73. The standard InChI is InChI=1S/C16H17NO2S2/c1-4-9(2)12(18)8-19-13-7-14-15(17-10(3)21-14)16-11(13)5-6-20-16/h5-7,9H,4,8H2,1-3H3. The summed E-state index contributed by atoms with van der Waals surface area (Å²) in [6.45, 7) is 6.12. The third-order valence-electron chi connectivity index (χ3n) is 3.70. The van der Waals surface area contributed by atoms with Crippen molar-refractivity contribution >= 4 is 48.8 Å². The fourth-order valence-corrected chi connectivity index (χ4v) is 4.06. The molecule has 1 aromatic carbocycles. The van der Waals surface area contributed by atoms with Crippen LogP contribution in [0.15, 0.2) is 17.5 Å². The molecule has 3 rings (SSSR count). The summed E-state index contributed by atoms with van der Waals surface area (Å²) in [6.07, 6.45) is 0.850. The number of carbonyl (C=O) groups excluding carboxylic acids is 1. The van der Waals surface area contributed by atoms with E-state index in [1.165, 1.54) is 0 Å². The van der Waals surface area contributed by atoms with Crippen molar-refractivity contribution in [3.05, 3.63) is 22.5 Å². The average molecular weight is 319 g/mol. The van der Waals surface area contributed by atoms with Crippen molar-refractivity contribution in [2.45, 2.75) is 27.2 Å². The number of ketones is 1. The van der Waals surface area contributed by atoms with E-state index in [0.717, 1.165) is 37.5 Å². The van der Waals surface area contributed by atoms with Crippen LogP contribution in [0.1, 0.15) is 25.3 Å². The molecule has 0 aliphatic carbocycles. The van der Waals surface area contributed by atoms with Crippen molar-refractivity contribution in [2.75, 3.05) is 6.61 Å². The zero-order valence-electron chi connectivity index (χ0n) is 12.3. The number of thiazole rings is 1. The zero-order valence-corrected chi connectivity index (χ0v) is 13.9. The SMILES string of the molecule is CCC(C)C(=O)COc1cc2sc(C)nc2c2sccc12. The zero-order chi connectivity index (χ0) is 15.0. The van der Waals surface area contributed by atoms with Gasteiger partial charge in [0.15, 0.2) is 5.78 Å². The van der Waals surface area contributed by atoms with Gasteiger partial charge in [-0.2, -0.15) is 0 Å². The number of thiophene rings is 1. The predicted octanol–water partition coefficient (Wildman–Crippen LogP) is 4.81. The lowest BCUT2D eigenvalue weighted by molar-refractivity contribution is -0.124. The lowest BCUT2D eigenvalue weighted by Crippen LogP contribution is -2.18. The monoisotopic (exact) mass is 319 g/mol. The number of ether oxygens (including phenoxy) is 1. The molecule has 0 saturated heterocycles. The van der Waals surface area contributed by atoms with Gasteiger partial charge >= 0.3 is 0 Å². The second-order valence-corrected chi connectivity index (χ2v) is 7.33. The molecule has 5 heteroatoms. The van der Waals surface area contributed by atoms with Crippen LogP contribution in [0.2, 0.25) is 0 Å². The number of aryl methyl sites for hydroxylation is 1. The number of aromatic nitrogens is 1. The number of Topliss-reactive ketones (excluding diaryl/α,β-unsaturated/α-hetero) is 1. The van der Waals surface area contributed by atoms with Crippen LogP contribution in [-0.4, -0.2) is 17.4 Å². The van der Waals surface area contributed by atoms with Crippen molar-refractivity contribution in [1.29, 1.82) is 0 Å². The Balaban J connectivity index is 1.97. The molecular formula is C16H17NO2S2. The Kier molecular flexibility index (Phi) is 3.95. The average Bonchev–Trinajstić information content (AvgIpc) is 3.08. The van der Waals surface area contributed by atoms with E-state index in [1.54, 1.807) is 22.7 Å². The number of benzene rings is 1. The molecule has 3 aromatic rings. The second-order valence-electron chi connectivity index (χ2n) is 5.18. The fourth-order valence-electron chi connectivity index (χ4n) is 2.23. The number of hydrogen-bond acceptors (Lipinski definition) is 5. The van der Waals surface area contributed by atoms with E-state index in [0.29, 0.717) is 0 Å². The maximum absolute atomic E-state index is 12.0. The summed E-state index contributed by atoms with van der Waals surface area (Å²) in [6, 6.07) is 4.05. The van der Waals surface area contributed by atoms with Crippen LogP contribution in [0, 0.1) is 12.8 Å². The van der Waals surface area contributed by atoms with Crippen LogP contribution in [0.25, 0.3) is 20.3 Å². The van der Waals surface area contributed by atoms with E-state index < -0.39 is 0 Å². The van der Waals surface area contributed by atoms with Gasteiger partial charge in [-0.05, 0) is 24.8 Å². The van der Waals surface area contributed by atoms with Crippen molar-refractivity contribution in [1.82, 2.24) is 4.98 Å². The number of carbonyl (C=O) groups is 1. The first kappa shape index (κ1) is 14.5. The molecule has 0 bridgehead atoms. The van der Waals surface area contributed by atoms with Gasteiger partial charge in [-0.15, -0.1) is 22.7 Å². The minimum absolute atomic E-state index is 0.0531. The highest BCUT2D eigenvalue weighted by atomic mass is 32.1. The van der Waals surface area contributed by atoms with Gasteiger partial charge in [0.25, 0.3) is 0 Å². The first-order chi connectivity index (χ1) is 10.1. The minimum atomic E-state index is 0.0531. The molecule has 1 atom stereocenters. The lowest BCUT2D eigenvalue weighted by Gasteiger charge is -2.10. The van der Waals surface area contributed by atoms with Crippen molar-refractivity contribution in [3.63, 3.8) is 0 Å². The summed E-state index contributed by atoms with van der Waals surface area (Å²) >= 11 is 3.33. The van der Waals surface area contributed by atoms with E-state index >= 15 is 0 Å². The fraction of sp³-hybridized carbons (Fsp3) is 0.375. The van der Waals surface area contributed by atoms with E-state index in [1.807, 2.05) is 38.3 Å². The number of nitrogens with zero attached hydrogens (tertiary/aromatic N) is 1. The van der Waals surface area contributed by atoms with E-state index in [2.05, 4.69) is 4.98 Å². The Morgan fingerprint density at radius 2 is 2.29 bits per heavy atom. The maximum Gasteiger partial charge on any atom is 0.172 e. The molecule has 0 radical (unpaired) electrons. The van der Waals surface area contributed by atoms with E-state index in [4.69, 9.17) is 4.74 Å². The molecule has 2 aromatic heterocycles. The van der Waals surface area contributed by atoms with Gasteiger partial charge in [0.1, 0.15) is 12.4 Å². The molecule has 0 amide bonds. The molecule has 0 fully saturated rings. The third-order valence-corrected chi connectivity index (χ3v) is 5.54. The largest absolute Gasteiger partial charge is 0.485 e. The summed E-state index contributed by atoms with van der Waals surface area (Å²) in [7, 11) is 0. The highest BCUT2D eigenvalue weighted by Gasteiger charge is 2.15.